The summed E-state index contributed by atoms with van der Waals surface area (Å²) in [5.74, 6) is 0.831. The molecule has 5 nitrogen and oxygen atoms in total. The second-order valence-electron chi connectivity index (χ2n) is 6.07. The number of ether oxygens (including phenoxy) is 1. The maximum Gasteiger partial charge on any atom is 0.160 e. The Kier molecular flexibility index (Phi) is 4.37. The third-order valence-corrected chi connectivity index (χ3v) is 4.49. The molecule has 0 unspecified atom stereocenters. The number of imidazole rings is 1. The van der Waals surface area contributed by atoms with Crippen LogP contribution in [0.25, 0.3) is 22.3 Å². The summed E-state index contributed by atoms with van der Waals surface area (Å²) in [4.78, 5) is 9.14. The van der Waals surface area contributed by atoms with Crippen molar-refractivity contribution in [3.63, 3.8) is 0 Å². The molecule has 0 aliphatic heterocycles. The number of hydrogen-bond acceptors (Lipinski definition) is 4. The van der Waals surface area contributed by atoms with Crippen LogP contribution < -0.4 is 4.74 Å². The Labute approximate surface area is 151 Å². The van der Waals surface area contributed by atoms with Crippen LogP contribution in [0.3, 0.4) is 0 Å². The van der Waals surface area contributed by atoms with Gasteiger partial charge in [0.25, 0.3) is 0 Å². The van der Waals surface area contributed by atoms with E-state index >= 15 is 0 Å². The number of aliphatic hydroxyl groups is 1. The van der Waals surface area contributed by atoms with Gasteiger partial charge in [-0.1, -0.05) is 42.5 Å². The number of rotatable bonds is 5. The van der Waals surface area contributed by atoms with Crippen LogP contribution in [0.2, 0.25) is 0 Å². The highest BCUT2D eigenvalue weighted by atomic mass is 16.5. The third-order valence-electron chi connectivity index (χ3n) is 4.49. The molecule has 0 aliphatic carbocycles. The van der Waals surface area contributed by atoms with Crippen molar-refractivity contribution in [1.29, 1.82) is 0 Å². The molecule has 26 heavy (non-hydrogen) atoms. The van der Waals surface area contributed by atoms with Gasteiger partial charge in [0.1, 0.15) is 11.3 Å². The van der Waals surface area contributed by atoms with Gasteiger partial charge >= 0.3 is 0 Å². The fourth-order valence-corrected chi connectivity index (χ4v) is 3.13. The molecular weight excluding hydrogens is 326 g/mol. The predicted molar refractivity (Wildman–Crippen MR) is 101 cm³/mol. The van der Waals surface area contributed by atoms with Crippen LogP contribution in [0.5, 0.6) is 5.75 Å². The lowest BCUT2D eigenvalue weighted by molar-refractivity contribution is 0.283. The quantitative estimate of drug-likeness (QED) is 0.600. The van der Waals surface area contributed by atoms with Crippen molar-refractivity contribution in [1.82, 2.24) is 14.5 Å². The van der Waals surface area contributed by atoms with Gasteiger partial charge in [0.05, 0.1) is 26.6 Å². The molecule has 2 aromatic heterocycles. The zero-order chi connectivity index (χ0) is 17.9. The average Bonchev–Trinajstić information content (AvgIpc) is 3.11. The van der Waals surface area contributed by atoms with Crippen LogP contribution in [-0.2, 0) is 13.2 Å². The zero-order valence-electron chi connectivity index (χ0n) is 14.5. The lowest BCUT2D eigenvalue weighted by Crippen LogP contribution is -2.01. The Bertz CT molecular complexity index is 1020. The van der Waals surface area contributed by atoms with Gasteiger partial charge in [-0.15, -0.1) is 0 Å². The first-order valence-electron chi connectivity index (χ1n) is 8.42. The maximum atomic E-state index is 9.94. The maximum absolute atomic E-state index is 9.94. The van der Waals surface area contributed by atoms with Gasteiger partial charge in [-0.3, -0.25) is 0 Å². The summed E-state index contributed by atoms with van der Waals surface area (Å²) in [5, 5.41) is 9.94. The third kappa shape index (κ3) is 2.93. The van der Waals surface area contributed by atoms with E-state index < -0.39 is 0 Å². The normalized spacial score (nSPS) is 11.0. The van der Waals surface area contributed by atoms with E-state index in [0.717, 1.165) is 39.2 Å². The average molecular weight is 345 g/mol. The van der Waals surface area contributed by atoms with E-state index in [0.29, 0.717) is 6.54 Å². The molecule has 2 heterocycles. The van der Waals surface area contributed by atoms with Crippen molar-refractivity contribution in [2.24, 2.45) is 0 Å². The molecule has 4 rings (SSSR count). The van der Waals surface area contributed by atoms with Crippen molar-refractivity contribution in [3.8, 4) is 16.9 Å². The molecule has 0 radical (unpaired) electrons. The molecule has 0 saturated heterocycles. The summed E-state index contributed by atoms with van der Waals surface area (Å²) in [6.07, 6.45) is 3.59. The lowest BCUT2D eigenvalue weighted by Gasteiger charge is -2.09. The SMILES string of the molecule is COc1ccc(Cn2cnc3c(CO)c(-c4ccccc4)cnc32)cc1. The van der Waals surface area contributed by atoms with E-state index in [1.54, 1.807) is 13.4 Å². The fraction of sp³-hybridized carbons (Fsp3) is 0.143. The molecule has 0 bridgehead atoms. The van der Waals surface area contributed by atoms with Gasteiger partial charge in [0.2, 0.25) is 0 Å². The summed E-state index contributed by atoms with van der Waals surface area (Å²) >= 11 is 0. The minimum absolute atomic E-state index is 0.0806. The lowest BCUT2D eigenvalue weighted by atomic mass is 10.0. The number of aromatic nitrogens is 3. The molecule has 0 fully saturated rings. The van der Waals surface area contributed by atoms with E-state index in [1.807, 2.05) is 65.4 Å². The van der Waals surface area contributed by atoms with Crippen LogP contribution >= 0.6 is 0 Å². The first kappa shape index (κ1) is 16.3. The van der Waals surface area contributed by atoms with Crippen LogP contribution in [-0.4, -0.2) is 26.8 Å². The fourth-order valence-electron chi connectivity index (χ4n) is 3.13. The standard InChI is InChI=1S/C21H19N3O2/c1-26-17-9-7-15(8-10-17)12-24-14-23-20-19(13-25)18(11-22-21(20)24)16-5-3-2-4-6-16/h2-11,14,25H,12-13H2,1H3. The topological polar surface area (TPSA) is 60.2 Å². The van der Waals surface area contributed by atoms with Crippen molar-refractivity contribution in [3.05, 3.63) is 78.2 Å². The van der Waals surface area contributed by atoms with Gasteiger partial charge in [-0.05, 0) is 23.3 Å². The van der Waals surface area contributed by atoms with Gasteiger partial charge in [-0.2, -0.15) is 0 Å². The number of aliphatic hydroxyl groups excluding tert-OH is 1. The molecule has 5 heteroatoms. The highest BCUT2D eigenvalue weighted by molar-refractivity contribution is 5.83. The molecule has 2 aromatic carbocycles. The smallest absolute Gasteiger partial charge is 0.160 e. The van der Waals surface area contributed by atoms with Crippen LogP contribution in [0.15, 0.2) is 67.1 Å². The van der Waals surface area contributed by atoms with Crippen LogP contribution in [0.1, 0.15) is 11.1 Å². The van der Waals surface area contributed by atoms with E-state index in [4.69, 9.17) is 4.74 Å². The number of nitrogens with zero attached hydrogens (tertiary/aromatic N) is 3. The molecular formula is C21H19N3O2. The van der Waals surface area contributed by atoms with E-state index in [2.05, 4.69) is 9.97 Å². The van der Waals surface area contributed by atoms with Gasteiger partial charge in [0.15, 0.2) is 5.65 Å². The van der Waals surface area contributed by atoms with E-state index in [-0.39, 0.29) is 6.61 Å². The Morgan fingerprint density at radius 3 is 2.46 bits per heavy atom. The summed E-state index contributed by atoms with van der Waals surface area (Å²) in [5.41, 5.74) is 5.37. The Hall–Kier alpha value is -3.18. The van der Waals surface area contributed by atoms with E-state index in [9.17, 15) is 5.11 Å². The molecule has 0 saturated carbocycles. The van der Waals surface area contributed by atoms with Crippen LogP contribution in [0, 0.1) is 0 Å². The predicted octanol–water partition coefficient (Wildman–Crippen LogP) is 3.65. The second kappa shape index (κ2) is 6.98. The summed E-state index contributed by atoms with van der Waals surface area (Å²) in [6.45, 7) is 0.575. The molecule has 0 atom stereocenters. The van der Waals surface area contributed by atoms with Crippen molar-refractivity contribution >= 4 is 11.2 Å². The summed E-state index contributed by atoms with van der Waals surface area (Å²) < 4.78 is 7.19. The zero-order valence-corrected chi connectivity index (χ0v) is 14.5. The summed E-state index contributed by atoms with van der Waals surface area (Å²) in [7, 11) is 1.66. The van der Waals surface area contributed by atoms with Crippen LogP contribution in [0.4, 0.5) is 0 Å². The van der Waals surface area contributed by atoms with Crippen molar-refractivity contribution < 1.29 is 9.84 Å². The Morgan fingerprint density at radius 2 is 1.77 bits per heavy atom. The molecule has 1 N–H and O–H groups in total. The number of benzene rings is 2. The second-order valence-corrected chi connectivity index (χ2v) is 6.07. The molecule has 0 aliphatic rings. The first-order valence-corrected chi connectivity index (χ1v) is 8.42. The monoisotopic (exact) mass is 345 g/mol. The van der Waals surface area contributed by atoms with Gasteiger partial charge in [-0.25, -0.2) is 9.97 Å². The highest BCUT2D eigenvalue weighted by Crippen LogP contribution is 2.28. The highest BCUT2D eigenvalue weighted by Gasteiger charge is 2.14. The minimum atomic E-state index is -0.0806. The van der Waals surface area contributed by atoms with Crippen molar-refractivity contribution in [2.75, 3.05) is 7.11 Å². The number of fused-ring (bicyclic) bond motifs is 1. The molecule has 4 aromatic rings. The summed E-state index contributed by atoms with van der Waals surface area (Å²) in [6, 6.07) is 17.9. The van der Waals surface area contributed by atoms with E-state index in [1.165, 1.54) is 0 Å². The molecule has 0 amide bonds. The number of hydrogen-bond donors (Lipinski definition) is 1. The molecule has 0 spiro atoms. The van der Waals surface area contributed by atoms with Gasteiger partial charge < -0.3 is 14.4 Å². The molecule has 130 valence electrons. The van der Waals surface area contributed by atoms with Crippen molar-refractivity contribution in [2.45, 2.75) is 13.2 Å². The Balaban J connectivity index is 1.74. The Morgan fingerprint density at radius 1 is 1.00 bits per heavy atom. The number of methoxy groups -OCH3 is 1. The number of pyridine rings is 1. The first-order chi connectivity index (χ1) is 12.8. The van der Waals surface area contributed by atoms with Gasteiger partial charge in [0, 0.05) is 17.3 Å². The largest absolute Gasteiger partial charge is 0.497 e. The minimum Gasteiger partial charge on any atom is -0.497 e.